The van der Waals surface area contributed by atoms with Gasteiger partial charge in [-0.15, -0.1) is 6.42 Å². The number of methoxy groups -OCH3 is 2. The molecule has 0 atom stereocenters. The monoisotopic (exact) mass is 206 g/mol. The summed E-state index contributed by atoms with van der Waals surface area (Å²) < 4.78 is 20.8. The zero-order chi connectivity index (χ0) is 10.8. The van der Waals surface area contributed by atoms with Crippen LogP contribution in [0.25, 0.3) is 0 Å². The van der Waals surface area contributed by atoms with Crippen molar-refractivity contribution < 1.29 is 18.9 Å². The lowest BCUT2D eigenvalue weighted by molar-refractivity contribution is 0.305. The van der Waals surface area contributed by atoms with Crippen molar-refractivity contribution in [3.63, 3.8) is 0 Å². The van der Waals surface area contributed by atoms with Crippen LogP contribution in [0.4, 0.5) is 0 Å². The SMILES string of the molecule is C#CCOc1c(OC)cc2c(c1OC)O2. The molecule has 0 fully saturated rings. The van der Waals surface area contributed by atoms with E-state index in [0.717, 1.165) is 5.75 Å². The summed E-state index contributed by atoms with van der Waals surface area (Å²) in [6, 6.07) is 1.74. The number of hydrogen-bond acceptors (Lipinski definition) is 4. The van der Waals surface area contributed by atoms with Gasteiger partial charge in [0.1, 0.15) is 6.61 Å². The number of hydrogen-bond donors (Lipinski definition) is 0. The average Bonchev–Trinajstić information content (AvgIpc) is 3.02. The largest absolute Gasteiger partial charge is 0.493 e. The van der Waals surface area contributed by atoms with Crippen LogP contribution in [0.3, 0.4) is 0 Å². The van der Waals surface area contributed by atoms with E-state index in [9.17, 15) is 0 Å². The fourth-order valence-electron chi connectivity index (χ4n) is 1.32. The molecular weight excluding hydrogens is 196 g/mol. The number of fused-ring (bicyclic) bond motifs is 1. The van der Waals surface area contributed by atoms with Gasteiger partial charge < -0.3 is 18.9 Å². The number of terminal acetylenes is 1. The van der Waals surface area contributed by atoms with Crippen molar-refractivity contribution in [2.24, 2.45) is 0 Å². The van der Waals surface area contributed by atoms with E-state index >= 15 is 0 Å². The third-order valence-corrected chi connectivity index (χ3v) is 2.02. The molecule has 0 saturated heterocycles. The van der Waals surface area contributed by atoms with Gasteiger partial charge in [0.2, 0.25) is 17.2 Å². The third-order valence-electron chi connectivity index (χ3n) is 2.02. The van der Waals surface area contributed by atoms with Gasteiger partial charge in [0, 0.05) is 6.07 Å². The summed E-state index contributed by atoms with van der Waals surface area (Å²) in [5.74, 6) is 5.38. The van der Waals surface area contributed by atoms with Crippen molar-refractivity contribution in [3.8, 4) is 41.1 Å². The second-order valence-corrected chi connectivity index (χ2v) is 2.86. The maximum absolute atomic E-state index is 5.35. The Labute approximate surface area is 87.7 Å². The maximum atomic E-state index is 5.35. The van der Waals surface area contributed by atoms with Crippen LogP contribution in [0.2, 0.25) is 0 Å². The van der Waals surface area contributed by atoms with E-state index in [4.69, 9.17) is 25.4 Å². The Morgan fingerprint density at radius 3 is 2.73 bits per heavy atom. The first-order chi connectivity index (χ1) is 7.31. The highest BCUT2D eigenvalue weighted by Gasteiger charge is 2.32. The maximum Gasteiger partial charge on any atom is 0.216 e. The van der Waals surface area contributed by atoms with Crippen LogP contribution in [0, 0.1) is 12.3 Å². The quantitative estimate of drug-likeness (QED) is 0.565. The minimum absolute atomic E-state index is 0.158. The van der Waals surface area contributed by atoms with Crippen molar-refractivity contribution in [2.45, 2.75) is 0 Å². The minimum Gasteiger partial charge on any atom is -0.493 e. The van der Waals surface area contributed by atoms with Gasteiger partial charge in [-0.2, -0.15) is 0 Å². The fraction of sp³-hybridized carbons (Fsp3) is 0.273. The molecule has 0 spiro atoms. The highest BCUT2D eigenvalue weighted by Crippen LogP contribution is 2.60. The normalized spacial score (nSPS) is 10.7. The molecule has 2 rings (SSSR count). The lowest BCUT2D eigenvalue weighted by atomic mass is 10.3. The van der Waals surface area contributed by atoms with Gasteiger partial charge in [-0.25, -0.2) is 0 Å². The lowest BCUT2D eigenvalue weighted by Crippen LogP contribution is -1.98. The first-order valence-electron chi connectivity index (χ1n) is 4.35. The summed E-state index contributed by atoms with van der Waals surface area (Å²) in [7, 11) is 3.09. The zero-order valence-corrected chi connectivity index (χ0v) is 8.49. The number of benzene rings is 1. The molecule has 15 heavy (non-hydrogen) atoms. The molecule has 0 aromatic heterocycles. The van der Waals surface area contributed by atoms with Crippen molar-refractivity contribution in [2.75, 3.05) is 20.8 Å². The molecule has 1 aliphatic heterocycles. The Bertz CT molecular complexity index is 431. The molecule has 78 valence electrons. The van der Waals surface area contributed by atoms with E-state index in [1.165, 1.54) is 0 Å². The lowest BCUT2D eigenvalue weighted by Gasteiger charge is -2.09. The fourth-order valence-corrected chi connectivity index (χ4v) is 1.32. The van der Waals surface area contributed by atoms with Crippen LogP contribution >= 0.6 is 0 Å². The molecule has 4 heteroatoms. The molecule has 0 saturated carbocycles. The molecule has 1 aromatic rings. The molecular formula is C11H10O4. The van der Waals surface area contributed by atoms with Gasteiger partial charge in [-0.05, 0) is 0 Å². The van der Waals surface area contributed by atoms with Gasteiger partial charge in [-0.3, -0.25) is 0 Å². The van der Waals surface area contributed by atoms with Crippen LogP contribution in [0.5, 0.6) is 28.7 Å². The Kier molecular flexibility index (Phi) is 2.30. The van der Waals surface area contributed by atoms with Crippen LogP contribution in [0.15, 0.2) is 6.07 Å². The molecule has 0 radical (unpaired) electrons. The molecule has 0 bridgehead atoms. The first-order valence-corrected chi connectivity index (χ1v) is 4.35. The third kappa shape index (κ3) is 1.52. The summed E-state index contributed by atoms with van der Waals surface area (Å²) in [5.41, 5.74) is 0. The highest BCUT2D eigenvalue weighted by molar-refractivity contribution is 5.73. The average molecular weight is 206 g/mol. The van der Waals surface area contributed by atoms with Gasteiger partial charge in [0.05, 0.1) is 14.2 Å². The highest BCUT2D eigenvalue weighted by atomic mass is 16.6. The summed E-state index contributed by atoms with van der Waals surface area (Å²) in [6.45, 7) is 0.158. The van der Waals surface area contributed by atoms with Crippen LogP contribution < -0.4 is 18.9 Å². The van der Waals surface area contributed by atoms with Crippen molar-refractivity contribution in [1.29, 1.82) is 0 Å². The summed E-state index contributed by atoms with van der Waals surface area (Å²) >= 11 is 0. The van der Waals surface area contributed by atoms with Gasteiger partial charge in [-0.1, -0.05) is 5.92 Å². The van der Waals surface area contributed by atoms with Crippen molar-refractivity contribution >= 4 is 0 Å². The van der Waals surface area contributed by atoms with Crippen LogP contribution in [0.1, 0.15) is 0 Å². The smallest absolute Gasteiger partial charge is 0.216 e. The molecule has 1 aromatic carbocycles. The van der Waals surface area contributed by atoms with E-state index in [2.05, 4.69) is 5.92 Å². The van der Waals surface area contributed by atoms with E-state index in [0.29, 0.717) is 23.0 Å². The zero-order valence-electron chi connectivity index (χ0n) is 8.49. The van der Waals surface area contributed by atoms with Crippen molar-refractivity contribution in [3.05, 3.63) is 6.07 Å². The van der Waals surface area contributed by atoms with Gasteiger partial charge >= 0.3 is 0 Å². The second-order valence-electron chi connectivity index (χ2n) is 2.86. The minimum atomic E-state index is 0.158. The van der Waals surface area contributed by atoms with Gasteiger partial charge in [0.25, 0.3) is 0 Å². The molecule has 0 N–H and O–H groups in total. The Hall–Kier alpha value is -2.02. The van der Waals surface area contributed by atoms with E-state index < -0.39 is 0 Å². The van der Waals surface area contributed by atoms with Crippen molar-refractivity contribution in [1.82, 2.24) is 0 Å². The molecule has 0 amide bonds. The molecule has 4 nitrogen and oxygen atoms in total. The predicted molar refractivity (Wildman–Crippen MR) is 53.9 cm³/mol. The number of ether oxygens (including phenoxy) is 4. The summed E-state index contributed by atoms with van der Waals surface area (Å²) in [5, 5.41) is 0. The van der Waals surface area contributed by atoms with Crippen LogP contribution in [-0.4, -0.2) is 20.8 Å². The second kappa shape index (κ2) is 3.62. The van der Waals surface area contributed by atoms with E-state index in [-0.39, 0.29) is 6.61 Å². The number of rotatable bonds is 4. The Morgan fingerprint density at radius 2 is 2.13 bits per heavy atom. The molecule has 1 aliphatic rings. The molecule has 0 unspecified atom stereocenters. The van der Waals surface area contributed by atoms with Crippen LogP contribution in [-0.2, 0) is 0 Å². The Morgan fingerprint density at radius 1 is 1.33 bits per heavy atom. The van der Waals surface area contributed by atoms with E-state index in [1.807, 2.05) is 0 Å². The molecule has 0 aliphatic carbocycles. The van der Waals surface area contributed by atoms with E-state index in [1.54, 1.807) is 20.3 Å². The summed E-state index contributed by atoms with van der Waals surface area (Å²) in [4.78, 5) is 0. The molecule has 1 heterocycles. The topological polar surface area (TPSA) is 40.2 Å². The van der Waals surface area contributed by atoms with Gasteiger partial charge in [0.15, 0.2) is 11.5 Å². The standard InChI is InChI=1S/C11H10O4/c1-4-5-14-9-7(12-2)6-8-10(15-8)11(9)13-3/h1,6H,5H2,2-3H3. The predicted octanol–water partition coefficient (Wildman–Crippen LogP) is 1.82. The Balaban J connectivity index is 2.40. The first kappa shape index (κ1) is 9.53. The summed E-state index contributed by atoms with van der Waals surface area (Å²) in [6.07, 6.45) is 5.12.